The number of hydrogen-bond acceptors (Lipinski definition) is 5. The molecule has 0 aromatic heterocycles. The minimum absolute atomic E-state index is 0.177. The van der Waals surface area contributed by atoms with Gasteiger partial charge in [-0.25, -0.2) is 4.79 Å². The third-order valence-corrected chi connectivity index (χ3v) is 8.09. The highest BCUT2D eigenvalue weighted by atomic mass is 35.5. The lowest BCUT2D eigenvalue weighted by Gasteiger charge is -2.39. The molecule has 1 atom stereocenters. The predicted octanol–water partition coefficient (Wildman–Crippen LogP) is 5.77. The van der Waals surface area contributed by atoms with E-state index in [4.69, 9.17) is 32.7 Å². The van der Waals surface area contributed by atoms with E-state index in [-0.39, 0.29) is 18.1 Å². The first-order valence-corrected chi connectivity index (χ1v) is 12.9. The average Bonchev–Trinajstić information content (AvgIpc) is 2.87. The molecule has 0 aliphatic carbocycles. The number of hydrogen-bond donors (Lipinski definition) is 0. The Bertz CT molecular complexity index is 956. The van der Waals surface area contributed by atoms with E-state index in [0.29, 0.717) is 16.0 Å². The zero-order valence-electron chi connectivity index (χ0n) is 20.0. The fourth-order valence-electron chi connectivity index (χ4n) is 5.15. The minimum atomic E-state index is -0.315. The SMILES string of the molecule is COC(=O)C(c1ccccc1)N1CCC(CN2CCC(Oc3ccc(Cl)c(Cl)c3C)CC2)CC1. The summed E-state index contributed by atoms with van der Waals surface area (Å²) >= 11 is 12.4. The Morgan fingerprint density at radius 3 is 2.32 bits per heavy atom. The largest absolute Gasteiger partial charge is 0.490 e. The van der Waals surface area contributed by atoms with E-state index >= 15 is 0 Å². The Labute approximate surface area is 212 Å². The number of carbonyl (C=O) groups excluding carboxylic acids is 1. The van der Waals surface area contributed by atoms with Crippen LogP contribution in [0.5, 0.6) is 5.75 Å². The van der Waals surface area contributed by atoms with E-state index in [1.165, 1.54) is 7.11 Å². The molecule has 5 nitrogen and oxygen atoms in total. The highest BCUT2D eigenvalue weighted by Crippen LogP contribution is 2.34. The van der Waals surface area contributed by atoms with Gasteiger partial charge in [0.15, 0.2) is 0 Å². The quantitative estimate of drug-likeness (QED) is 0.447. The number of rotatable bonds is 7. The third-order valence-electron chi connectivity index (χ3n) is 7.19. The maximum atomic E-state index is 12.5. The molecule has 0 spiro atoms. The number of ether oxygens (including phenoxy) is 2. The summed E-state index contributed by atoms with van der Waals surface area (Å²) in [4.78, 5) is 17.4. The molecule has 0 radical (unpaired) electrons. The van der Waals surface area contributed by atoms with Gasteiger partial charge in [0.1, 0.15) is 17.9 Å². The van der Waals surface area contributed by atoms with Crippen molar-refractivity contribution in [3.63, 3.8) is 0 Å². The first-order chi connectivity index (χ1) is 16.5. The highest BCUT2D eigenvalue weighted by Gasteiger charge is 2.32. The Morgan fingerprint density at radius 1 is 1.00 bits per heavy atom. The van der Waals surface area contributed by atoms with Gasteiger partial charge in [-0.05, 0) is 69.3 Å². The number of esters is 1. The molecule has 0 N–H and O–H groups in total. The zero-order chi connectivity index (χ0) is 24.1. The normalized spacial score (nSPS) is 19.6. The Hall–Kier alpha value is -1.79. The van der Waals surface area contributed by atoms with E-state index in [1.807, 2.05) is 43.3 Å². The molecule has 2 aromatic carbocycles. The first-order valence-electron chi connectivity index (χ1n) is 12.2. The second kappa shape index (κ2) is 11.8. The van der Waals surface area contributed by atoms with Gasteiger partial charge in [0.2, 0.25) is 0 Å². The number of benzene rings is 2. The number of piperidine rings is 2. The molecule has 1 unspecified atom stereocenters. The number of carbonyl (C=O) groups is 1. The maximum absolute atomic E-state index is 12.5. The van der Waals surface area contributed by atoms with Gasteiger partial charge >= 0.3 is 5.97 Å². The molecular weight excluding hydrogens is 471 g/mol. The van der Waals surface area contributed by atoms with Crippen LogP contribution in [-0.2, 0) is 9.53 Å². The number of methoxy groups -OCH3 is 1. The molecule has 2 saturated heterocycles. The highest BCUT2D eigenvalue weighted by molar-refractivity contribution is 6.42. The lowest BCUT2D eigenvalue weighted by Crippen LogP contribution is -2.45. The smallest absolute Gasteiger partial charge is 0.327 e. The molecule has 0 saturated carbocycles. The molecule has 34 heavy (non-hydrogen) atoms. The van der Waals surface area contributed by atoms with Crippen molar-refractivity contribution < 1.29 is 14.3 Å². The van der Waals surface area contributed by atoms with Crippen molar-refractivity contribution in [3.8, 4) is 5.75 Å². The second-order valence-electron chi connectivity index (χ2n) is 9.42. The van der Waals surface area contributed by atoms with Gasteiger partial charge in [-0.3, -0.25) is 4.90 Å². The summed E-state index contributed by atoms with van der Waals surface area (Å²) in [5, 5.41) is 1.14. The van der Waals surface area contributed by atoms with Crippen molar-refractivity contribution >= 4 is 29.2 Å². The Kier molecular flexibility index (Phi) is 8.75. The number of likely N-dealkylation sites (tertiary alicyclic amines) is 2. The fourth-order valence-corrected chi connectivity index (χ4v) is 5.51. The van der Waals surface area contributed by atoms with Gasteiger partial charge in [-0.1, -0.05) is 53.5 Å². The Morgan fingerprint density at radius 2 is 1.68 bits per heavy atom. The van der Waals surface area contributed by atoms with Crippen LogP contribution in [0.2, 0.25) is 10.0 Å². The summed E-state index contributed by atoms with van der Waals surface area (Å²) < 4.78 is 11.4. The van der Waals surface area contributed by atoms with Crippen LogP contribution in [0.15, 0.2) is 42.5 Å². The zero-order valence-corrected chi connectivity index (χ0v) is 21.5. The topological polar surface area (TPSA) is 42.0 Å². The predicted molar refractivity (Wildman–Crippen MR) is 137 cm³/mol. The maximum Gasteiger partial charge on any atom is 0.327 e. The molecule has 184 valence electrons. The van der Waals surface area contributed by atoms with Crippen molar-refractivity contribution in [1.29, 1.82) is 0 Å². The van der Waals surface area contributed by atoms with Crippen LogP contribution >= 0.6 is 23.2 Å². The van der Waals surface area contributed by atoms with Crippen molar-refractivity contribution in [3.05, 3.63) is 63.6 Å². The van der Waals surface area contributed by atoms with Crippen molar-refractivity contribution in [2.24, 2.45) is 5.92 Å². The molecule has 7 heteroatoms. The average molecular weight is 505 g/mol. The van der Waals surface area contributed by atoms with E-state index in [0.717, 1.165) is 75.3 Å². The van der Waals surface area contributed by atoms with Crippen molar-refractivity contribution in [1.82, 2.24) is 9.80 Å². The van der Waals surface area contributed by atoms with Crippen LogP contribution < -0.4 is 4.74 Å². The monoisotopic (exact) mass is 504 g/mol. The van der Waals surface area contributed by atoms with Crippen LogP contribution in [0, 0.1) is 12.8 Å². The van der Waals surface area contributed by atoms with Gasteiger partial charge < -0.3 is 14.4 Å². The van der Waals surface area contributed by atoms with E-state index in [1.54, 1.807) is 6.07 Å². The van der Waals surface area contributed by atoms with Gasteiger partial charge in [-0.2, -0.15) is 0 Å². The molecule has 4 rings (SSSR count). The lowest BCUT2D eigenvalue weighted by molar-refractivity contribution is -0.148. The number of nitrogens with zero attached hydrogens (tertiary/aromatic N) is 2. The fraction of sp³-hybridized carbons (Fsp3) is 0.519. The molecule has 2 aliphatic rings. The summed E-state index contributed by atoms with van der Waals surface area (Å²) in [6.07, 6.45) is 4.42. The van der Waals surface area contributed by atoms with Crippen LogP contribution in [0.25, 0.3) is 0 Å². The van der Waals surface area contributed by atoms with Gasteiger partial charge in [0.25, 0.3) is 0 Å². The summed E-state index contributed by atoms with van der Waals surface area (Å²) in [6.45, 7) is 6.97. The van der Waals surface area contributed by atoms with Gasteiger partial charge in [0.05, 0.1) is 17.2 Å². The molecule has 2 fully saturated rings. The van der Waals surface area contributed by atoms with Crippen molar-refractivity contribution in [2.75, 3.05) is 39.8 Å². The third kappa shape index (κ3) is 6.06. The van der Waals surface area contributed by atoms with Gasteiger partial charge in [-0.15, -0.1) is 0 Å². The Balaban J connectivity index is 1.24. The molecule has 2 heterocycles. The summed E-state index contributed by atoms with van der Waals surface area (Å²) in [7, 11) is 1.47. The van der Waals surface area contributed by atoms with Crippen LogP contribution in [0.3, 0.4) is 0 Å². The number of halogens is 2. The van der Waals surface area contributed by atoms with E-state index in [2.05, 4.69) is 9.80 Å². The van der Waals surface area contributed by atoms with E-state index < -0.39 is 0 Å². The minimum Gasteiger partial charge on any atom is -0.490 e. The summed E-state index contributed by atoms with van der Waals surface area (Å²) in [5.74, 6) is 1.31. The summed E-state index contributed by atoms with van der Waals surface area (Å²) in [5.41, 5.74) is 1.91. The lowest BCUT2D eigenvalue weighted by atomic mass is 9.93. The standard InChI is InChI=1S/C27H34Cl2N2O3/c1-19-24(9-8-23(28)25(19)29)34-22-12-14-30(15-13-22)18-20-10-16-31(17-11-20)26(27(32)33-2)21-6-4-3-5-7-21/h3-9,20,22,26H,10-18H2,1-2H3. The molecular formula is C27H34Cl2N2O3. The van der Waals surface area contributed by atoms with E-state index in [9.17, 15) is 4.79 Å². The molecule has 0 amide bonds. The van der Waals surface area contributed by atoms with Crippen LogP contribution in [0.4, 0.5) is 0 Å². The van der Waals surface area contributed by atoms with Gasteiger partial charge in [0, 0.05) is 25.2 Å². The molecule has 2 aromatic rings. The second-order valence-corrected chi connectivity index (χ2v) is 10.2. The van der Waals surface area contributed by atoms with Crippen LogP contribution in [0.1, 0.15) is 42.9 Å². The summed E-state index contributed by atoms with van der Waals surface area (Å²) in [6, 6.07) is 13.4. The molecule has 2 aliphatic heterocycles. The van der Waals surface area contributed by atoms with Crippen LogP contribution in [-0.4, -0.2) is 61.7 Å². The van der Waals surface area contributed by atoms with Crippen molar-refractivity contribution in [2.45, 2.75) is 44.8 Å². The molecule has 0 bridgehead atoms. The first kappa shape index (κ1) is 25.3.